The van der Waals surface area contributed by atoms with Gasteiger partial charge < -0.3 is 10.5 Å². The lowest BCUT2D eigenvalue weighted by molar-refractivity contribution is 0.122. The molecule has 2 unspecified atom stereocenters. The lowest BCUT2D eigenvalue weighted by atomic mass is 10.2. The van der Waals surface area contributed by atoms with Gasteiger partial charge in [-0.15, -0.1) is 0 Å². The van der Waals surface area contributed by atoms with E-state index in [1.54, 1.807) is 11.8 Å². The molecule has 0 aromatic carbocycles. The summed E-state index contributed by atoms with van der Waals surface area (Å²) < 4.78 is 5.42. The van der Waals surface area contributed by atoms with Crippen molar-refractivity contribution in [3.8, 4) is 0 Å². The molecular weight excluding hydrogens is 148 g/mol. The van der Waals surface area contributed by atoms with Crippen LogP contribution in [-0.2, 0) is 4.74 Å². The number of thioether (sulfide) groups is 1. The van der Waals surface area contributed by atoms with Crippen molar-refractivity contribution in [3.63, 3.8) is 0 Å². The number of aliphatic imine (C=N–C) groups is 1. The van der Waals surface area contributed by atoms with E-state index in [1.807, 2.05) is 0 Å². The Labute approximate surface area is 64.0 Å². The summed E-state index contributed by atoms with van der Waals surface area (Å²) in [5.41, 5.74) is 5.55. The summed E-state index contributed by atoms with van der Waals surface area (Å²) >= 11 is 1.60. The zero-order chi connectivity index (χ0) is 6.97. The van der Waals surface area contributed by atoms with Gasteiger partial charge in [0, 0.05) is 12.4 Å². The predicted octanol–water partition coefficient (Wildman–Crippen LogP) is 0.205. The van der Waals surface area contributed by atoms with Crippen LogP contribution in [0, 0.1) is 0 Å². The van der Waals surface area contributed by atoms with E-state index in [0.29, 0.717) is 12.1 Å². The van der Waals surface area contributed by atoms with Crippen LogP contribution in [0.25, 0.3) is 0 Å². The van der Waals surface area contributed by atoms with Gasteiger partial charge in [0.15, 0.2) is 5.17 Å². The average Bonchev–Trinajstić information content (AvgIpc) is 2.33. The van der Waals surface area contributed by atoms with Crippen molar-refractivity contribution in [2.45, 2.75) is 18.6 Å². The number of nitrogens with zero attached hydrogens (tertiary/aromatic N) is 1. The molecule has 0 aromatic heterocycles. The van der Waals surface area contributed by atoms with Crippen molar-refractivity contribution in [2.75, 3.05) is 12.4 Å². The number of amidine groups is 1. The van der Waals surface area contributed by atoms with Crippen molar-refractivity contribution >= 4 is 16.9 Å². The monoisotopic (exact) mass is 158 g/mol. The predicted molar refractivity (Wildman–Crippen MR) is 42.2 cm³/mol. The summed E-state index contributed by atoms with van der Waals surface area (Å²) in [6.07, 6.45) is 1.39. The Hall–Kier alpha value is -0.220. The highest BCUT2D eigenvalue weighted by Crippen LogP contribution is 2.25. The quantitative estimate of drug-likeness (QED) is 0.548. The molecule has 0 aromatic rings. The van der Waals surface area contributed by atoms with Crippen LogP contribution in [-0.4, -0.2) is 29.7 Å². The number of nitrogens with two attached hydrogens (primary N) is 1. The molecule has 0 bridgehead atoms. The molecule has 2 heterocycles. The smallest absolute Gasteiger partial charge is 0.154 e. The fourth-order valence-electron chi connectivity index (χ4n) is 1.31. The highest BCUT2D eigenvalue weighted by molar-refractivity contribution is 8.13. The second-order valence-corrected chi connectivity index (χ2v) is 3.58. The number of fused-ring (bicyclic) bond motifs is 1. The van der Waals surface area contributed by atoms with E-state index >= 15 is 0 Å². The molecule has 4 heteroatoms. The molecule has 0 saturated carbocycles. The zero-order valence-electron chi connectivity index (χ0n) is 5.62. The first-order chi connectivity index (χ1) is 4.86. The van der Waals surface area contributed by atoms with E-state index in [0.717, 1.165) is 23.9 Å². The summed E-state index contributed by atoms with van der Waals surface area (Å²) in [4.78, 5) is 4.28. The summed E-state index contributed by atoms with van der Waals surface area (Å²) in [6, 6.07) is 0.362. The first-order valence-electron chi connectivity index (χ1n) is 3.44. The van der Waals surface area contributed by atoms with E-state index in [-0.39, 0.29) is 0 Å². The van der Waals surface area contributed by atoms with Crippen molar-refractivity contribution in [1.29, 1.82) is 0 Å². The van der Waals surface area contributed by atoms with Crippen molar-refractivity contribution in [3.05, 3.63) is 0 Å². The van der Waals surface area contributed by atoms with Gasteiger partial charge in [-0.1, -0.05) is 11.8 Å². The van der Waals surface area contributed by atoms with Gasteiger partial charge in [0.25, 0.3) is 0 Å². The van der Waals surface area contributed by atoms with Crippen molar-refractivity contribution in [2.24, 2.45) is 10.7 Å². The number of rotatable bonds is 0. The van der Waals surface area contributed by atoms with Gasteiger partial charge in [0.2, 0.25) is 0 Å². The second kappa shape index (κ2) is 2.43. The normalized spacial score (nSPS) is 39.0. The van der Waals surface area contributed by atoms with Crippen LogP contribution < -0.4 is 5.73 Å². The molecule has 2 atom stereocenters. The molecule has 1 fully saturated rings. The molecule has 0 spiro atoms. The Morgan fingerprint density at radius 2 is 2.60 bits per heavy atom. The van der Waals surface area contributed by atoms with Crippen molar-refractivity contribution < 1.29 is 4.74 Å². The van der Waals surface area contributed by atoms with Gasteiger partial charge in [-0.2, -0.15) is 0 Å². The largest absolute Gasteiger partial charge is 0.379 e. The van der Waals surface area contributed by atoms with Gasteiger partial charge in [-0.3, -0.25) is 4.99 Å². The highest BCUT2D eigenvalue weighted by atomic mass is 32.2. The molecule has 0 radical (unpaired) electrons. The van der Waals surface area contributed by atoms with Crippen LogP contribution in [0.1, 0.15) is 6.42 Å². The van der Waals surface area contributed by atoms with Crippen LogP contribution in [0.5, 0.6) is 0 Å². The molecule has 2 aliphatic heterocycles. The van der Waals surface area contributed by atoms with Crippen LogP contribution in [0.4, 0.5) is 0 Å². The first-order valence-corrected chi connectivity index (χ1v) is 4.42. The molecule has 2 N–H and O–H groups in total. The third-order valence-electron chi connectivity index (χ3n) is 1.86. The SMILES string of the molecule is NC1=NC2CCOC2CS1. The Morgan fingerprint density at radius 3 is 3.50 bits per heavy atom. The van der Waals surface area contributed by atoms with Crippen LogP contribution >= 0.6 is 11.8 Å². The summed E-state index contributed by atoms with van der Waals surface area (Å²) in [7, 11) is 0. The number of hydrogen-bond donors (Lipinski definition) is 1. The van der Waals surface area contributed by atoms with Crippen LogP contribution in [0.15, 0.2) is 4.99 Å². The van der Waals surface area contributed by atoms with Gasteiger partial charge in [-0.25, -0.2) is 0 Å². The minimum Gasteiger partial charge on any atom is -0.379 e. The molecule has 2 aliphatic rings. The Balaban J connectivity index is 2.13. The van der Waals surface area contributed by atoms with Gasteiger partial charge in [-0.05, 0) is 6.42 Å². The molecule has 3 nitrogen and oxygen atoms in total. The first kappa shape index (κ1) is 6.49. The molecule has 0 amide bonds. The molecule has 2 rings (SSSR count). The van der Waals surface area contributed by atoms with E-state index < -0.39 is 0 Å². The second-order valence-electron chi connectivity index (χ2n) is 2.54. The third kappa shape index (κ3) is 1.01. The maximum Gasteiger partial charge on any atom is 0.154 e. The topological polar surface area (TPSA) is 47.6 Å². The molecular formula is C6H10N2OS. The molecule has 56 valence electrons. The Kier molecular flexibility index (Phi) is 1.58. The van der Waals surface area contributed by atoms with Crippen molar-refractivity contribution in [1.82, 2.24) is 0 Å². The fourth-order valence-corrected chi connectivity index (χ4v) is 2.18. The maximum atomic E-state index is 5.55. The maximum absolute atomic E-state index is 5.55. The summed E-state index contributed by atoms with van der Waals surface area (Å²) in [5.74, 6) is 0.986. The van der Waals surface area contributed by atoms with Gasteiger partial charge in [0.1, 0.15) is 0 Å². The fraction of sp³-hybridized carbons (Fsp3) is 0.833. The minimum atomic E-state index is 0.345. The minimum absolute atomic E-state index is 0.345. The van der Waals surface area contributed by atoms with Crippen LogP contribution in [0.2, 0.25) is 0 Å². The average molecular weight is 158 g/mol. The van der Waals surface area contributed by atoms with Gasteiger partial charge in [0.05, 0.1) is 12.1 Å². The molecule has 1 saturated heterocycles. The standard InChI is InChI=1S/C6H10N2OS/c7-6-8-4-1-2-9-5(4)3-10-6/h4-5H,1-3H2,(H2,7,8). The van der Waals surface area contributed by atoms with E-state index in [1.165, 1.54) is 0 Å². The number of ether oxygens (including phenoxy) is 1. The van der Waals surface area contributed by atoms with E-state index in [9.17, 15) is 0 Å². The molecule has 10 heavy (non-hydrogen) atoms. The zero-order valence-corrected chi connectivity index (χ0v) is 6.43. The number of hydrogen-bond acceptors (Lipinski definition) is 4. The Bertz CT molecular complexity index is 171. The molecule has 0 aliphatic carbocycles. The third-order valence-corrected chi connectivity index (χ3v) is 2.76. The van der Waals surface area contributed by atoms with Gasteiger partial charge >= 0.3 is 0 Å². The van der Waals surface area contributed by atoms with Crippen LogP contribution in [0.3, 0.4) is 0 Å². The Morgan fingerprint density at radius 1 is 1.70 bits per heavy atom. The highest BCUT2D eigenvalue weighted by Gasteiger charge is 2.31. The van der Waals surface area contributed by atoms with E-state index in [4.69, 9.17) is 10.5 Å². The van der Waals surface area contributed by atoms with E-state index in [2.05, 4.69) is 4.99 Å². The lowest BCUT2D eigenvalue weighted by Crippen LogP contribution is -2.30. The summed E-state index contributed by atoms with van der Waals surface area (Å²) in [5, 5.41) is 0.728. The lowest BCUT2D eigenvalue weighted by Gasteiger charge is -2.19. The summed E-state index contributed by atoms with van der Waals surface area (Å²) in [6.45, 7) is 0.854.